The zero-order chi connectivity index (χ0) is 36.2. The van der Waals surface area contributed by atoms with Crippen molar-refractivity contribution in [2.45, 2.75) is 86.9 Å². The molecule has 0 aromatic heterocycles. The second kappa shape index (κ2) is 13.0. The van der Waals surface area contributed by atoms with Gasteiger partial charge in [-0.25, -0.2) is 9.59 Å². The Morgan fingerprint density at radius 1 is 0.706 bits per heavy atom. The van der Waals surface area contributed by atoms with Gasteiger partial charge in [0.15, 0.2) is 0 Å². The lowest BCUT2D eigenvalue weighted by Gasteiger charge is -2.48. The second-order valence-corrected chi connectivity index (χ2v) is 14.6. The number of methoxy groups -OCH3 is 2. The number of carbonyl (C=O) groups excluding carboxylic acids is 4. The molecule has 4 aliphatic rings. The fourth-order valence-corrected chi connectivity index (χ4v) is 9.56. The number of esters is 2. The summed E-state index contributed by atoms with van der Waals surface area (Å²) in [5.41, 5.74) is 15.4. The highest BCUT2D eigenvalue weighted by molar-refractivity contribution is 5.93. The second-order valence-electron chi connectivity index (χ2n) is 14.6. The maximum atomic E-state index is 14.7. The van der Waals surface area contributed by atoms with Crippen molar-refractivity contribution in [1.29, 1.82) is 0 Å². The van der Waals surface area contributed by atoms with E-state index in [-0.39, 0.29) is 31.1 Å². The molecule has 0 aliphatic carbocycles. The maximum Gasteiger partial charge on any atom is 0.328 e. The zero-order valence-electron chi connectivity index (χ0n) is 29.4. The first kappa shape index (κ1) is 34.5. The van der Waals surface area contributed by atoms with Gasteiger partial charge in [-0.1, -0.05) is 80.6 Å². The van der Waals surface area contributed by atoms with Gasteiger partial charge in [-0.2, -0.15) is 0 Å². The fourth-order valence-electron chi connectivity index (χ4n) is 9.56. The molecular weight excluding hydrogens is 648 g/mol. The summed E-state index contributed by atoms with van der Waals surface area (Å²) in [6.45, 7) is 3.99. The van der Waals surface area contributed by atoms with Crippen molar-refractivity contribution in [2.24, 2.45) is 17.4 Å². The molecule has 0 radical (unpaired) electrons. The number of carbonyl (C=O) groups is 4. The fraction of sp³-hybridized carbons (Fsp3) is 0.436. The smallest absolute Gasteiger partial charge is 0.328 e. The van der Waals surface area contributed by atoms with Crippen LogP contribution in [0.1, 0.15) is 49.8 Å². The number of fused-ring (bicyclic) bond motifs is 7. The molecule has 12 nitrogen and oxygen atoms in total. The first-order chi connectivity index (χ1) is 24.5. The van der Waals surface area contributed by atoms with E-state index in [0.29, 0.717) is 6.42 Å². The molecule has 4 aliphatic heterocycles. The van der Waals surface area contributed by atoms with Gasteiger partial charge in [0, 0.05) is 11.4 Å². The van der Waals surface area contributed by atoms with Gasteiger partial charge in [0.2, 0.25) is 11.8 Å². The highest BCUT2D eigenvalue weighted by Crippen LogP contribution is 2.68. The third kappa shape index (κ3) is 5.09. The molecule has 0 spiro atoms. The minimum atomic E-state index is -1.07. The summed E-state index contributed by atoms with van der Waals surface area (Å²) in [6.07, 6.45) is -0.631. The number of ether oxygens (including phenoxy) is 2. The van der Waals surface area contributed by atoms with Crippen LogP contribution in [0.2, 0.25) is 0 Å². The van der Waals surface area contributed by atoms with E-state index >= 15 is 0 Å². The normalized spacial score (nSPS) is 28.1. The van der Waals surface area contributed by atoms with Crippen molar-refractivity contribution >= 4 is 35.1 Å². The molecule has 6 N–H and O–H groups in total. The largest absolute Gasteiger partial charge is 0.467 e. The van der Waals surface area contributed by atoms with Crippen LogP contribution in [0, 0.1) is 5.92 Å². The number of likely N-dealkylation sites (tertiary alicyclic amines) is 2. The standard InChI is InChI=1S/C39H46N6O6/c1-22(2)18-26(40)32(46)44-30(34(48)50-3)20-38(24-14-8-10-16-28(24)42-36(38)44)39-21-31(35(49)51-4)45(37(39)43-29-17-11-9-15-25(29)39)33(47)27(41)19-23-12-6-5-7-13-23/h5-17,22,26-27,30-31,36-37,42-43H,18-21,40-41H2,1-4H3/t26-,27-,30-,31-,36+,37+,38-,39-/m0/s1. The molecule has 51 heavy (non-hydrogen) atoms. The number of hydrogen-bond acceptors (Lipinski definition) is 10. The Morgan fingerprint density at radius 3 is 1.59 bits per heavy atom. The predicted molar refractivity (Wildman–Crippen MR) is 191 cm³/mol. The Balaban J connectivity index is 1.45. The lowest BCUT2D eigenvalue weighted by molar-refractivity contribution is -0.152. The average Bonchev–Trinajstić information content (AvgIpc) is 3.84. The zero-order valence-corrected chi connectivity index (χ0v) is 29.4. The van der Waals surface area contributed by atoms with Gasteiger partial charge in [0.1, 0.15) is 24.4 Å². The van der Waals surface area contributed by atoms with Crippen LogP contribution in [0.3, 0.4) is 0 Å². The molecular formula is C39H46N6O6. The lowest BCUT2D eigenvalue weighted by Crippen LogP contribution is -2.63. The number of benzene rings is 3. The third-order valence-electron chi connectivity index (χ3n) is 11.5. The molecule has 2 amide bonds. The van der Waals surface area contributed by atoms with Gasteiger partial charge in [0.25, 0.3) is 0 Å². The molecule has 3 aromatic carbocycles. The van der Waals surface area contributed by atoms with Crippen LogP contribution in [0.25, 0.3) is 0 Å². The molecule has 2 fully saturated rings. The highest BCUT2D eigenvalue weighted by Gasteiger charge is 2.77. The topological polar surface area (TPSA) is 169 Å². The molecule has 0 unspecified atom stereocenters. The predicted octanol–water partition coefficient (Wildman–Crippen LogP) is 2.86. The number of nitrogens with two attached hydrogens (primary N) is 2. The van der Waals surface area contributed by atoms with Crippen molar-refractivity contribution in [3.8, 4) is 0 Å². The van der Waals surface area contributed by atoms with Gasteiger partial charge in [-0.15, -0.1) is 0 Å². The van der Waals surface area contributed by atoms with Gasteiger partial charge < -0.3 is 41.4 Å². The number of hydrogen-bond donors (Lipinski definition) is 4. The van der Waals surface area contributed by atoms with Crippen LogP contribution < -0.4 is 22.1 Å². The third-order valence-corrected chi connectivity index (χ3v) is 11.5. The van der Waals surface area contributed by atoms with E-state index in [0.717, 1.165) is 28.1 Å². The minimum absolute atomic E-state index is 0.130. The summed E-state index contributed by atoms with van der Waals surface area (Å²) < 4.78 is 10.8. The van der Waals surface area contributed by atoms with E-state index in [9.17, 15) is 19.2 Å². The number of para-hydroxylation sites is 2. The Kier molecular flexibility index (Phi) is 8.79. The van der Waals surface area contributed by atoms with Crippen molar-refractivity contribution in [1.82, 2.24) is 9.80 Å². The Bertz CT molecular complexity index is 1850. The number of rotatable bonds is 9. The van der Waals surface area contributed by atoms with Crippen LogP contribution in [0.5, 0.6) is 0 Å². The van der Waals surface area contributed by atoms with Gasteiger partial charge in [-0.3, -0.25) is 9.59 Å². The van der Waals surface area contributed by atoms with Gasteiger partial charge in [0.05, 0.1) is 37.1 Å². The summed E-state index contributed by atoms with van der Waals surface area (Å²) in [7, 11) is 2.62. The van der Waals surface area contributed by atoms with Crippen molar-refractivity contribution < 1.29 is 28.7 Å². The van der Waals surface area contributed by atoms with E-state index in [4.69, 9.17) is 20.9 Å². The summed E-state index contributed by atoms with van der Waals surface area (Å²) in [6, 6.07) is 21.2. The highest BCUT2D eigenvalue weighted by atomic mass is 16.5. The van der Waals surface area contributed by atoms with E-state index in [1.807, 2.05) is 92.7 Å². The quantitative estimate of drug-likeness (QED) is 0.245. The summed E-state index contributed by atoms with van der Waals surface area (Å²) >= 11 is 0. The van der Waals surface area contributed by atoms with Crippen LogP contribution in [0.4, 0.5) is 11.4 Å². The lowest BCUT2D eigenvalue weighted by atomic mass is 9.54. The van der Waals surface area contributed by atoms with Crippen LogP contribution >= 0.6 is 0 Å². The Labute approximate surface area is 297 Å². The van der Waals surface area contributed by atoms with Gasteiger partial charge >= 0.3 is 11.9 Å². The first-order valence-corrected chi connectivity index (χ1v) is 17.6. The van der Waals surface area contributed by atoms with Crippen molar-refractivity contribution in [3.63, 3.8) is 0 Å². The monoisotopic (exact) mass is 694 g/mol. The molecule has 2 saturated heterocycles. The van der Waals surface area contributed by atoms with Crippen LogP contribution in [-0.4, -0.2) is 84.3 Å². The number of nitrogens with one attached hydrogen (secondary N) is 2. The Hall–Kier alpha value is -4.94. The van der Waals surface area contributed by atoms with Crippen LogP contribution in [-0.2, 0) is 45.9 Å². The maximum absolute atomic E-state index is 14.7. The minimum Gasteiger partial charge on any atom is -0.467 e. The molecule has 12 heteroatoms. The summed E-state index contributed by atoms with van der Waals surface area (Å²) in [4.78, 5) is 60.1. The first-order valence-electron chi connectivity index (χ1n) is 17.6. The van der Waals surface area contributed by atoms with Crippen molar-refractivity contribution in [2.75, 3.05) is 24.9 Å². The molecule has 0 saturated carbocycles. The molecule has 4 heterocycles. The van der Waals surface area contributed by atoms with Crippen LogP contribution in [0.15, 0.2) is 78.9 Å². The van der Waals surface area contributed by atoms with E-state index in [1.165, 1.54) is 14.2 Å². The van der Waals surface area contributed by atoms with E-state index < -0.39 is 65.2 Å². The molecule has 8 atom stereocenters. The average molecular weight is 695 g/mol. The number of nitrogens with zero attached hydrogens (tertiary/aromatic N) is 2. The molecule has 3 aromatic rings. The Morgan fingerprint density at radius 2 is 1.14 bits per heavy atom. The SMILES string of the molecule is COC(=O)[C@@H]1C[C@]2([C@]34C[C@@H](C(=O)OC)N(C(=O)[C@@H](N)CC(C)C)[C@H]3Nc3ccccc34)c3ccccc3N[C@@H]2N1C(=O)[C@@H](N)Cc1ccccc1. The molecule has 0 bridgehead atoms. The summed E-state index contributed by atoms with van der Waals surface area (Å²) in [5, 5.41) is 7.26. The van der Waals surface area contributed by atoms with Crippen molar-refractivity contribution in [3.05, 3.63) is 95.6 Å². The van der Waals surface area contributed by atoms with E-state index in [2.05, 4.69) is 10.6 Å². The number of amides is 2. The molecule has 7 rings (SSSR count). The number of anilines is 2. The summed E-state index contributed by atoms with van der Waals surface area (Å²) in [5.74, 6) is -1.81. The van der Waals surface area contributed by atoms with E-state index in [1.54, 1.807) is 9.80 Å². The molecule has 268 valence electrons. The van der Waals surface area contributed by atoms with Gasteiger partial charge in [-0.05, 0) is 60.4 Å².